The highest BCUT2D eigenvalue weighted by atomic mass is 32.2. The molecule has 0 atom stereocenters. The Balaban J connectivity index is 1.87. The van der Waals surface area contributed by atoms with E-state index < -0.39 is 10.0 Å². The number of carbonyl (C=O) groups is 1. The van der Waals surface area contributed by atoms with Crippen molar-refractivity contribution < 1.29 is 13.2 Å². The van der Waals surface area contributed by atoms with Crippen LogP contribution in [0.25, 0.3) is 0 Å². The molecule has 0 fully saturated rings. The molecule has 28 heavy (non-hydrogen) atoms. The van der Waals surface area contributed by atoms with Crippen LogP contribution in [0.3, 0.4) is 0 Å². The number of benzene rings is 1. The maximum atomic E-state index is 12.9. The van der Waals surface area contributed by atoms with E-state index in [0.29, 0.717) is 31.9 Å². The van der Waals surface area contributed by atoms with E-state index in [1.807, 2.05) is 32.8 Å². The van der Waals surface area contributed by atoms with Gasteiger partial charge in [0.25, 0.3) is 5.91 Å². The van der Waals surface area contributed by atoms with Gasteiger partial charge in [0.05, 0.1) is 4.90 Å². The summed E-state index contributed by atoms with van der Waals surface area (Å²) in [5, 5.41) is 8.09. The van der Waals surface area contributed by atoms with Crippen molar-refractivity contribution in [2.45, 2.75) is 25.2 Å². The van der Waals surface area contributed by atoms with Crippen molar-refractivity contribution >= 4 is 27.4 Å². The Morgan fingerprint density at radius 1 is 1.11 bits per heavy atom. The van der Waals surface area contributed by atoms with Crippen LogP contribution in [-0.2, 0) is 16.4 Å². The molecular formula is C19H25N5O3S. The van der Waals surface area contributed by atoms with Crippen LogP contribution >= 0.6 is 0 Å². The van der Waals surface area contributed by atoms with E-state index in [9.17, 15) is 13.2 Å². The molecular weight excluding hydrogens is 378 g/mol. The van der Waals surface area contributed by atoms with Crippen LogP contribution in [-0.4, -0.2) is 62.6 Å². The van der Waals surface area contributed by atoms with E-state index >= 15 is 0 Å². The Morgan fingerprint density at radius 2 is 1.82 bits per heavy atom. The first-order valence-electron chi connectivity index (χ1n) is 9.25. The van der Waals surface area contributed by atoms with Crippen LogP contribution in [0.15, 0.2) is 35.2 Å². The van der Waals surface area contributed by atoms with E-state index in [4.69, 9.17) is 0 Å². The molecule has 3 rings (SSSR count). The standard InChI is InChI=1S/C19H25N5O3S/c1-5-23(6-2)28(26,27)15-7-9-17-14(13-15)11-12-24(17)19(25)16-8-10-18(21-20-16)22(3)4/h7-10,13H,5-6,11-12H2,1-4H3. The molecule has 2 aromatic rings. The lowest BCUT2D eigenvalue weighted by Gasteiger charge is -2.20. The predicted octanol–water partition coefficient (Wildman–Crippen LogP) is 1.78. The molecule has 8 nitrogen and oxygen atoms in total. The minimum Gasteiger partial charge on any atom is -0.361 e. The van der Waals surface area contributed by atoms with Gasteiger partial charge < -0.3 is 9.80 Å². The van der Waals surface area contributed by atoms with Crippen molar-refractivity contribution in [2.24, 2.45) is 0 Å². The molecule has 9 heteroatoms. The van der Waals surface area contributed by atoms with Crippen LogP contribution in [0.4, 0.5) is 11.5 Å². The number of rotatable bonds is 6. The molecule has 1 aromatic heterocycles. The average Bonchev–Trinajstić information content (AvgIpc) is 3.11. The van der Waals surface area contributed by atoms with Gasteiger partial charge in [-0.15, -0.1) is 10.2 Å². The monoisotopic (exact) mass is 403 g/mol. The molecule has 0 spiro atoms. The van der Waals surface area contributed by atoms with E-state index in [1.54, 1.807) is 35.2 Å². The maximum absolute atomic E-state index is 12.9. The normalized spacial score (nSPS) is 13.7. The van der Waals surface area contributed by atoms with Gasteiger partial charge in [0.2, 0.25) is 10.0 Å². The molecule has 0 N–H and O–H groups in total. The topological polar surface area (TPSA) is 86.7 Å². The molecule has 0 saturated heterocycles. The third kappa shape index (κ3) is 3.59. The number of hydrogen-bond acceptors (Lipinski definition) is 6. The second-order valence-electron chi connectivity index (χ2n) is 6.76. The van der Waals surface area contributed by atoms with Gasteiger partial charge in [0.1, 0.15) is 0 Å². The van der Waals surface area contributed by atoms with Gasteiger partial charge in [-0.3, -0.25) is 4.79 Å². The molecule has 1 aliphatic rings. The quantitative estimate of drug-likeness (QED) is 0.731. The molecule has 0 aliphatic carbocycles. The zero-order chi connectivity index (χ0) is 20.5. The number of carbonyl (C=O) groups excluding carboxylic acids is 1. The van der Waals surface area contributed by atoms with Crippen molar-refractivity contribution in [3.8, 4) is 0 Å². The van der Waals surface area contributed by atoms with Gasteiger partial charge in [0, 0.05) is 39.4 Å². The van der Waals surface area contributed by atoms with E-state index in [-0.39, 0.29) is 16.5 Å². The van der Waals surface area contributed by atoms with Gasteiger partial charge in [-0.05, 0) is 42.3 Å². The summed E-state index contributed by atoms with van der Waals surface area (Å²) < 4.78 is 26.9. The Bertz CT molecular complexity index is 970. The van der Waals surface area contributed by atoms with Gasteiger partial charge in [-0.2, -0.15) is 4.31 Å². The third-order valence-corrected chi connectivity index (χ3v) is 6.91. The second-order valence-corrected chi connectivity index (χ2v) is 8.70. The number of amides is 1. The lowest BCUT2D eigenvalue weighted by atomic mass is 10.2. The highest BCUT2D eigenvalue weighted by Gasteiger charge is 2.29. The Labute approximate surface area is 165 Å². The first-order valence-corrected chi connectivity index (χ1v) is 10.7. The summed E-state index contributed by atoms with van der Waals surface area (Å²) in [4.78, 5) is 16.6. The molecule has 0 saturated carbocycles. The van der Waals surface area contributed by atoms with Crippen molar-refractivity contribution in [2.75, 3.05) is 43.5 Å². The van der Waals surface area contributed by atoms with Gasteiger partial charge in [-0.25, -0.2) is 8.42 Å². The van der Waals surface area contributed by atoms with Crippen LogP contribution in [0.1, 0.15) is 29.9 Å². The maximum Gasteiger partial charge on any atom is 0.278 e. The minimum absolute atomic E-state index is 0.240. The highest BCUT2D eigenvalue weighted by Crippen LogP contribution is 2.32. The molecule has 0 bridgehead atoms. The largest absolute Gasteiger partial charge is 0.361 e. The summed E-state index contributed by atoms with van der Waals surface area (Å²) in [5.74, 6) is 0.431. The number of hydrogen-bond donors (Lipinski definition) is 0. The van der Waals surface area contributed by atoms with Crippen molar-refractivity contribution in [1.29, 1.82) is 0 Å². The lowest BCUT2D eigenvalue weighted by molar-refractivity contribution is 0.0983. The molecule has 2 heterocycles. The molecule has 1 aromatic carbocycles. The zero-order valence-electron chi connectivity index (χ0n) is 16.6. The summed E-state index contributed by atoms with van der Waals surface area (Å²) in [6, 6.07) is 8.35. The number of aromatic nitrogens is 2. The van der Waals surface area contributed by atoms with Crippen molar-refractivity contribution in [1.82, 2.24) is 14.5 Å². The van der Waals surface area contributed by atoms with E-state index in [1.165, 1.54) is 4.31 Å². The number of fused-ring (bicyclic) bond motifs is 1. The van der Waals surface area contributed by atoms with Crippen LogP contribution in [0.2, 0.25) is 0 Å². The third-order valence-electron chi connectivity index (χ3n) is 4.86. The fourth-order valence-corrected chi connectivity index (χ4v) is 4.79. The first kappa shape index (κ1) is 20.2. The van der Waals surface area contributed by atoms with Crippen molar-refractivity contribution in [3.05, 3.63) is 41.6 Å². The SMILES string of the molecule is CCN(CC)S(=O)(=O)c1ccc2c(c1)CCN2C(=O)c1ccc(N(C)C)nn1. The fourth-order valence-electron chi connectivity index (χ4n) is 3.28. The summed E-state index contributed by atoms with van der Waals surface area (Å²) in [6.07, 6.45) is 0.603. The van der Waals surface area contributed by atoms with Gasteiger partial charge >= 0.3 is 0 Å². The average molecular weight is 404 g/mol. The first-order chi connectivity index (χ1) is 13.3. The highest BCUT2D eigenvalue weighted by molar-refractivity contribution is 7.89. The Morgan fingerprint density at radius 3 is 2.39 bits per heavy atom. The Hall–Kier alpha value is -2.52. The zero-order valence-corrected chi connectivity index (χ0v) is 17.4. The molecule has 1 amide bonds. The summed E-state index contributed by atoms with van der Waals surface area (Å²) in [7, 11) is 0.184. The number of nitrogens with zero attached hydrogens (tertiary/aromatic N) is 5. The summed E-state index contributed by atoms with van der Waals surface area (Å²) in [5.41, 5.74) is 1.83. The molecule has 0 radical (unpaired) electrons. The molecule has 1 aliphatic heterocycles. The number of sulfonamides is 1. The van der Waals surface area contributed by atoms with Crippen LogP contribution in [0.5, 0.6) is 0 Å². The van der Waals surface area contributed by atoms with Gasteiger partial charge in [0.15, 0.2) is 11.5 Å². The van der Waals surface area contributed by atoms with E-state index in [0.717, 1.165) is 11.3 Å². The molecule has 0 unspecified atom stereocenters. The van der Waals surface area contributed by atoms with Crippen LogP contribution < -0.4 is 9.80 Å². The van der Waals surface area contributed by atoms with Gasteiger partial charge in [-0.1, -0.05) is 13.8 Å². The number of anilines is 2. The smallest absolute Gasteiger partial charge is 0.278 e. The van der Waals surface area contributed by atoms with E-state index in [2.05, 4.69) is 10.2 Å². The summed E-state index contributed by atoms with van der Waals surface area (Å²) in [6.45, 7) is 4.96. The Kier molecular flexibility index (Phi) is 5.66. The minimum atomic E-state index is -3.52. The molecule has 150 valence electrons. The van der Waals surface area contributed by atoms with Crippen molar-refractivity contribution in [3.63, 3.8) is 0 Å². The predicted molar refractivity (Wildman–Crippen MR) is 108 cm³/mol. The lowest BCUT2D eigenvalue weighted by Crippen LogP contribution is -2.31. The second kappa shape index (κ2) is 7.84. The fraction of sp³-hybridized carbons (Fsp3) is 0.421. The van der Waals surface area contributed by atoms with Crippen LogP contribution in [0, 0.1) is 0 Å². The summed E-state index contributed by atoms with van der Waals surface area (Å²) >= 11 is 0.